The van der Waals surface area contributed by atoms with Gasteiger partial charge in [0.15, 0.2) is 0 Å². The number of amides is 1. The Morgan fingerprint density at radius 3 is 2.23 bits per heavy atom. The normalized spacial score (nSPS) is 28.4. The molecule has 4 heteroatoms. The molecule has 3 nitrogen and oxygen atoms in total. The molecule has 0 aromatic heterocycles. The van der Waals surface area contributed by atoms with Gasteiger partial charge >= 0.3 is 0 Å². The number of likely N-dealkylation sites (tertiary alicyclic amines) is 1. The molecule has 2 aromatic carbocycles. The highest BCUT2D eigenvalue weighted by atomic mass is 19.1. The Morgan fingerprint density at radius 1 is 1.00 bits per heavy atom. The summed E-state index contributed by atoms with van der Waals surface area (Å²) in [7, 11) is 0. The molecule has 1 amide bonds. The maximum absolute atomic E-state index is 13.2. The van der Waals surface area contributed by atoms with Crippen molar-refractivity contribution in [3.8, 4) is 0 Å². The second-order valence-electron chi connectivity index (χ2n) is 11.8. The third kappa shape index (κ3) is 5.48. The van der Waals surface area contributed by atoms with E-state index < -0.39 is 0 Å². The third-order valence-corrected chi connectivity index (χ3v) is 9.31. The van der Waals surface area contributed by atoms with Crippen LogP contribution < -0.4 is 5.32 Å². The minimum absolute atomic E-state index is 0.0896. The minimum Gasteiger partial charge on any atom is -0.346 e. The molecule has 1 aliphatic heterocycles. The summed E-state index contributed by atoms with van der Waals surface area (Å²) >= 11 is 0. The Labute approximate surface area is 210 Å². The van der Waals surface area contributed by atoms with Crippen molar-refractivity contribution in [2.24, 2.45) is 17.3 Å². The zero-order valence-electron chi connectivity index (χ0n) is 21.4. The number of nitrogens with one attached hydrogen (secondary N) is 1. The number of hydrogen-bond donors (Lipinski definition) is 1. The lowest BCUT2D eigenvalue weighted by molar-refractivity contribution is -0.0523. The summed E-state index contributed by atoms with van der Waals surface area (Å²) in [5.41, 5.74) is 3.45. The summed E-state index contributed by atoms with van der Waals surface area (Å²) in [6.07, 6.45) is 12.3. The van der Waals surface area contributed by atoms with Crippen LogP contribution >= 0.6 is 0 Å². The number of nitrogens with zero attached hydrogens (tertiary/aromatic N) is 1. The summed E-state index contributed by atoms with van der Waals surface area (Å²) in [5.74, 6) is 1.32. The molecular weight excluding hydrogens is 435 g/mol. The molecule has 2 atom stereocenters. The first-order chi connectivity index (χ1) is 16.9. The van der Waals surface area contributed by atoms with Crippen molar-refractivity contribution in [1.29, 1.82) is 0 Å². The van der Waals surface area contributed by atoms with Crippen molar-refractivity contribution in [3.05, 3.63) is 71.0 Å². The maximum Gasteiger partial charge on any atom is 0.251 e. The van der Waals surface area contributed by atoms with E-state index in [0.29, 0.717) is 11.0 Å². The molecule has 2 aliphatic carbocycles. The van der Waals surface area contributed by atoms with Crippen molar-refractivity contribution < 1.29 is 9.18 Å². The average molecular weight is 477 g/mol. The Balaban J connectivity index is 1.12. The number of carbonyl (C=O) groups is 1. The van der Waals surface area contributed by atoms with E-state index in [1.165, 1.54) is 82.2 Å². The summed E-state index contributed by atoms with van der Waals surface area (Å²) in [5, 5.41) is 3.02. The standard InChI is InChI=1S/C31H41FN2O/c1-22(25-11-13-28(32)14-12-25)33-30(35)27-9-7-23(8-10-27)21-24-15-19-34(20-16-24)29-26-5-3-17-31(29,2)18-4-6-26/h7-14,22,24,26,29H,3-6,15-21H2,1-2H3,(H,33,35)/t22-,26?,29?,31?/m0/s1. The van der Waals surface area contributed by atoms with Gasteiger partial charge in [0, 0.05) is 11.6 Å². The number of halogens is 1. The van der Waals surface area contributed by atoms with E-state index in [2.05, 4.69) is 29.3 Å². The van der Waals surface area contributed by atoms with Crippen LogP contribution in [0.1, 0.15) is 92.7 Å². The van der Waals surface area contributed by atoms with Gasteiger partial charge in [-0.05, 0) is 118 Å². The Hall–Kier alpha value is -2.20. The molecule has 1 N–H and O–H groups in total. The van der Waals surface area contributed by atoms with Gasteiger partial charge in [-0.3, -0.25) is 9.69 Å². The van der Waals surface area contributed by atoms with Crippen LogP contribution in [0, 0.1) is 23.1 Å². The summed E-state index contributed by atoms with van der Waals surface area (Å²) < 4.78 is 13.2. The molecule has 2 saturated carbocycles. The van der Waals surface area contributed by atoms with Gasteiger partial charge in [0.2, 0.25) is 0 Å². The zero-order chi connectivity index (χ0) is 24.4. The van der Waals surface area contributed by atoms with Crippen LogP contribution in [-0.4, -0.2) is 29.9 Å². The Morgan fingerprint density at radius 2 is 1.63 bits per heavy atom. The van der Waals surface area contributed by atoms with Crippen LogP contribution in [0.3, 0.4) is 0 Å². The first-order valence-electron chi connectivity index (χ1n) is 13.8. The van der Waals surface area contributed by atoms with E-state index in [9.17, 15) is 9.18 Å². The first-order valence-corrected chi connectivity index (χ1v) is 13.8. The zero-order valence-corrected chi connectivity index (χ0v) is 21.4. The van der Waals surface area contributed by atoms with Gasteiger partial charge in [0.1, 0.15) is 5.82 Å². The molecule has 2 aromatic rings. The van der Waals surface area contributed by atoms with Gasteiger partial charge in [0.05, 0.1) is 6.04 Å². The lowest BCUT2D eigenvalue weighted by Crippen LogP contribution is -2.57. The van der Waals surface area contributed by atoms with Crippen molar-refractivity contribution in [2.75, 3.05) is 13.1 Å². The van der Waals surface area contributed by atoms with Crippen molar-refractivity contribution in [2.45, 2.75) is 83.7 Å². The molecule has 0 spiro atoms. The van der Waals surface area contributed by atoms with Gasteiger partial charge in [-0.1, -0.05) is 44.0 Å². The lowest BCUT2D eigenvalue weighted by atomic mass is 9.59. The topological polar surface area (TPSA) is 32.3 Å². The van der Waals surface area contributed by atoms with Crippen LogP contribution in [0.4, 0.5) is 4.39 Å². The van der Waals surface area contributed by atoms with Crippen molar-refractivity contribution >= 4 is 5.91 Å². The van der Waals surface area contributed by atoms with Gasteiger partial charge in [-0.15, -0.1) is 0 Å². The van der Waals surface area contributed by atoms with E-state index in [0.717, 1.165) is 29.9 Å². The maximum atomic E-state index is 13.2. The highest BCUT2D eigenvalue weighted by Crippen LogP contribution is 2.51. The summed E-state index contributed by atoms with van der Waals surface area (Å²) in [6, 6.07) is 15.1. The van der Waals surface area contributed by atoms with Crippen molar-refractivity contribution in [3.63, 3.8) is 0 Å². The molecule has 0 radical (unpaired) electrons. The minimum atomic E-state index is -0.264. The number of carbonyl (C=O) groups excluding carboxylic acids is 1. The molecule has 1 saturated heterocycles. The second kappa shape index (κ2) is 10.4. The molecule has 5 rings (SSSR count). The predicted octanol–water partition coefficient (Wildman–Crippen LogP) is 6.93. The Bertz CT molecular complexity index is 984. The van der Waals surface area contributed by atoms with Crippen molar-refractivity contribution in [1.82, 2.24) is 10.2 Å². The third-order valence-electron chi connectivity index (χ3n) is 9.31. The number of benzene rings is 2. The quantitative estimate of drug-likeness (QED) is 0.490. The van der Waals surface area contributed by atoms with Gasteiger partial charge in [-0.25, -0.2) is 4.39 Å². The number of hydrogen-bond acceptors (Lipinski definition) is 2. The monoisotopic (exact) mass is 476 g/mol. The average Bonchev–Trinajstić information content (AvgIpc) is 2.85. The molecular formula is C31H41FN2O. The SMILES string of the molecule is C[C@H](NC(=O)c1ccc(CC2CCN(C3C4CCCC3(C)CCC4)CC2)cc1)c1ccc(F)cc1. The smallest absolute Gasteiger partial charge is 0.251 e. The molecule has 1 heterocycles. The summed E-state index contributed by atoms with van der Waals surface area (Å²) in [6.45, 7) is 7.01. The molecule has 35 heavy (non-hydrogen) atoms. The fraction of sp³-hybridized carbons (Fsp3) is 0.581. The van der Waals surface area contributed by atoms with Gasteiger partial charge < -0.3 is 5.32 Å². The van der Waals surface area contributed by atoms with E-state index in [1.807, 2.05) is 19.1 Å². The van der Waals surface area contributed by atoms with E-state index >= 15 is 0 Å². The highest BCUT2D eigenvalue weighted by molar-refractivity contribution is 5.94. The molecule has 3 aliphatic rings. The van der Waals surface area contributed by atoms with E-state index in [4.69, 9.17) is 0 Å². The van der Waals surface area contributed by atoms with Crippen LogP contribution in [0.5, 0.6) is 0 Å². The van der Waals surface area contributed by atoms with Gasteiger partial charge in [0.25, 0.3) is 5.91 Å². The molecule has 2 bridgehead atoms. The second-order valence-corrected chi connectivity index (χ2v) is 11.8. The first kappa shape index (κ1) is 24.5. The van der Waals surface area contributed by atoms with Crippen LogP contribution in [0.15, 0.2) is 48.5 Å². The number of fused-ring (bicyclic) bond motifs is 2. The predicted molar refractivity (Wildman–Crippen MR) is 140 cm³/mol. The lowest BCUT2D eigenvalue weighted by Gasteiger charge is -2.56. The summed E-state index contributed by atoms with van der Waals surface area (Å²) in [4.78, 5) is 15.6. The Kier molecular flexibility index (Phi) is 7.29. The van der Waals surface area contributed by atoms with Crippen LogP contribution in [0.25, 0.3) is 0 Å². The fourth-order valence-electron chi connectivity index (χ4n) is 7.40. The van der Waals surface area contributed by atoms with Crippen LogP contribution in [-0.2, 0) is 6.42 Å². The molecule has 1 unspecified atom stereocenters. The van der Waals surface area contributed by atoms with E-state index in [1.54, 1.807) is 12.1 Å². The van der Waals surface area contributed by atoms with Gasteiger partial charge in [-0.2, -0.15) is 0 Å². The number of piperidine rings is 1. The number of rotatable bonds is 6. The highest BCUT2D eigenvalue weighted by Gasteiger charge is 2.47. The molecule has 188 valence electrons. The fourth-order valence-corrected chi connectivity index (χ4v) is 7.40. The van der Waals surface area contributed by atoms with E-state index in [-0.39, 0.29) is 17.8 Å². The largest absolute Gasteiger partial charge is 0.346 e. The van der Waals surface area contributed by atoms with Crippen LogP contribution in [0.2, 0.25) is 0 Å². The molecule has 3 fully saturated rings.